The van der Waals surface area contributed by atoms with Crippen LogP contribution in [0.2, 0.25) is 0 Å². The fourth-order valence-corrected chi connectivity index (χ4v) is 3.06. The van der Waals surface area contributed by atoms with E-state index in [-0.39, 0.29) is 11.3 Å². The molecule has 30 heavy (non-hydrogen) atoms. The lowest BCUT2D eigenvalue weighted by Gasteiger charge is -2.14. The quantitative estimate of drug-likeness (QED) is 0.499. The van der Waals surface area contributed by atoms with E-state index in [2.05, 4.69) is 15.5 Å². The minimum absolute atomic E-state index is 0.238. The Labute approximate surface area is 172 Å². The van der Waals surface area contributed by atoms with Crippen molar-refractivity contribution in [3.8, 4) is 11.3 Å². The SMILES string of the molecule is Cc1noc2nc(-c3ccccc3)cc(C(=O)OC(C)C(=O)Nc3ccccc3)c12. The molecule has 4 aromatic rings. The van der Waals surface area contributed by atoms with Crippen molar-refractivity contribution >= 4 is 28.7 Å². The van der Waals surface area contributed by atoms with E-state index in [1.807, 2.05) is 36.4 Å². The summed E-state index contributed by atoms with van der Waals surface area (Å²) >= 11 is 0. The highest BCUT2D eigenvalue weighted by Gasteiger charge is 2.24. The van der Waals surface area contributed by atoms with Crippen LogP contribution in [0.1, 0.15) is 23.0 Å². The number of para-hydroxylation sites is 1. The Morgan fingerprint density at radius 3 is 2.40 bits per heavy atom. The van der Waals surface area contributed by atoms with Crippen LogP contribution in [0.3, 0.4) is 0 Å². The summed E-state index contributed by atoms with van der Waals surface area (Å²) < 4.78 is 10.7. The summed E-state index contributed by atoms with van der Waals surface area (Å²) in [5.41, 5.74) is 2.99. The van der Waals surface area contributed by atoms with Gasteiger partial charge in [0.25, 0.3) is 11.6 Å². The summed E-state index contributed by atoms with van der Waals surface area (Å²) in [5, 5.41) is 7.11. The van der Waals surface area contributed by atoms with Crippen LogP contribution in [-0.4, -0.2) is 28.1 Å². The van der Waals surface area contributed by atoms with Gasteiger partial charge in [-0.3, -0.25) is 4.79 Å². The average Bonchev–Trinajstić information content (AvgIpc) is 3.15. The Balaban J connectivity index is 1.62. The zero-order valence-electron chi connectivity index (χ0n) is 16.5. The third kappa shape index (κ3) is 3.91. The number of anilines is 1. The van der Waals surface area contributed by atoms with Crippen LogP contribution in [-0.2, 0) is 9.53 Å². The Morgan fingerprint density at radius 1 is 1.03 bits per heavy atom. The molecule has 7 heteroatoms. The molecule has 0 radical (unpaired) electrons. The number of carbonyl (C=O) groups is 2. The van der Waals surface area contributed by atoms with Gasteiger partial charge in [0.2, 0.25) is 0 Å². The van der Waals surface area contributed by atoms with E-state index in [0.29, 0.717) is 22.5 Å². The van der Waals surface area contributed by atoms with Gasteiger partial charge >= 0.3 is 5.97 Å². The number of hydrogen-bond acceptors (Lipinski definition) is 6. The molecule has 2 aromatic carbocycles. The monoisotopic (exact) mass is 401 g/mol. The van der Waals surface area contributed by atoms with Gasteiger partial charge in [-0.05, 0) is 32.0 Å². The largest absolute Gasteiger partial charge is 0.449 e. The third-order valence-corrected chi connectivity index (χ3v) is 4.60. The first-order valence-corrected chi connectivity index (χ1v) is 9.42. The van der Waals surface area contributed by atoms with Gasteiger partial charge in [-0.1, -0.05) is 53.7 Å². The predicted molar refractivity (Wildman–Crippen MR) is 112 cm³/mol. The second kappa shape index (κ2) is 8.16. The lowest BCUT2D eigenvalue weighted by Crippen LogP contribution is -2.30. The van der Waals surface area contributed by atoms with Crippen LogP contribution in [0.15, 0.2) is 71.3 Å². The number of aromatic nitrogens is 2. The lowest BCUT2D eigenvalue weighted by atomic mass is 10.1. The van der Waals surface area contributed by atoms with E-state index in [0.717, 1.165) is 5.56 Å². The number of amides is 1. The fraction of sp³-hybridized carbons (Fsp3) is 0.130. The van der Waals surface area contributed by atoms with Gasteiger partial charge in [0.1, 0.15) is 0 Å². The van der Waals surface area contributed by atoms with Gasteiger partial charge in [0.15, 0.2) is 6.10 Å². The summed E-state index contributed by atoms with van der Waals surface area (Å²) in [7, 11) is 0. The summed E-state index contributed by atoms with van der Waals surface area (Å²) in [6.07, 6.45) is -0.999. The average molecular weight is 401 g/mol. The number of aryl methyl sites for hydroxylation is 1. The van der Waals surface area contributed by atoms with Gasteiger partial charge in [-0.15, -0.1) is 0 Å². The normalized spacial score (nSPS) is 11.8. The minimum Gasteiger partial charge on any atom is -0.449 e. The molecule has 0 aliphatic carbocycles. The van der Waals surface area contributed by atoms with Crippen molar-refractivity contribution in [1.82, 2.24) is 10.1 Å². The van der Waals surface area contributed by atoms with Crippen molar-refractivity contribution in [2.45, 2.75) is 20.0 Å². The van der Waals surface area contributed by atoms with E-state index < -0.39 is 18.0 Å². The van der Waals surface area contributed by atoms with Crippen molar-refractivity contribution in [3.63, 3.8) is 0 Å². The molecule has 150 valence electrons. The van der Waals surface area contributed by atoms with Crippen LogP contribution < -0.4 is 5.32 Å². The Morgan fingerprint density at radius 2 is 1.70 bits per heavy atom. The first-order chi connectivity index (χ1) is 14.5. The number of benzene rings is 2. The molecule has 7 nitrogen and oxygen atoms in total. The van der Waals surface area contributed by atoms with Crippen molar-refractivity contribution in [3.05, 3.63) is 78.0 Å². The molecule has 1 unspecified atom stereocenters. The molecule has 2 aromatic heterocycles. The van der Waals surface area contributed by atoms with E-state index in [9.17, 15) is 9.59 Å². The Bertz CT molecular complexity index is 1200. The van der Waals surface area contributed by atoms with Crippen LogP contribution in [0.25, 0.3) is 22.4 Å². The van der Waals surface area contributed by atoms with Gasteiger partial charge in [-0.25, -0.2) is 9.78 Å². The molecule has 4 rings (SSSR count). The maximum Gasteiger partial charge on any atom is 0.339 e. The highest BCUT2D eigenvalue weighted by molar-refractivity contribution is 6.05. The molecular weight excluding hydrogens is 382 g/mol. The van der Waals surface area contributed by atoms with Gasteiger partial charge in [0.05, 0.1) is 22.3 Å². The summed E-state index contributed by atoms with van der Waals surface area (Å²) in [4.78, 5) is 29.8. The van der Waals surface area contributed by atoms with Crippen molar-refractivity contribution in [2.75, 3.05) is 5.32 Å². The number of carbonyl (C=O) groups excluding carboxylic acids is 2. The second-order valence-corrected chi connectivity index (χ2v) is 6.77. The fourth-order valence-electron chi connectivity index (χ4n) is 3.06. The van der Waals surface area contributed by atoms with Gasteiger partial charge in [-0.2, -0.15) is 0 Å². The molecule has 1 atom stereocenters. The third-order valence-electron chi connectivity index (χ3n) is 4.60. The smallest absolute Gasteiger partial charge is 0.339 e. The Kier molecular flexibility index (Phi) is 5.26. The maximum absolute atomic E-state index is 13.0. The minimum atomic E-state index is -0.999. The zero-order chi connectivity index (χ0) is 21.1. The van der Waals surface area contributed by atoms with Crippen molar-refractivity contribution < 1.29 is 18.8 Å². The van der Waals surface area contributed by atoms with Crippen LogP contribution in [0.5, 0.6) is 0 Å². The number of ether oxygens (including phenoxy) is 1. The summed E-state index contributed by atoms with van der Waals surface area (Å²) in [6, 6.07) is 20.0. The number of pyridine rings is 1. The summed E-state index contributed by atoms with van der Waals surface area (Å²) in [5.74, 6) is -1.08. The molecule has 1 N–H and O–H groups in total. The first kappa shape index (κ1) is 19.3. The highest BCUT2D eigenvalue weighted by Crippen LogP contribution is 2.27. The molecule has 0 saturated heterocycles. The number of nitrogens with zero attached hydrogens (tertiary/aromatic N) is 2. The molecule has 0 bridgehead atoms. The molecule has 0 spiro atoms. The molecule has 0 aliphatic rings. The number of hydrogen-bond donors (Lipinski definition) is 1. The van der Waals surface area contributed by atoms with Gasteiger partial charge in [0, 0.05) is 11.3 Å². The lowest BCUT2D eigenvalue weighted by molar-refractivity contribution is -0.123. The van der Waals surface area contributed by atoms with Crippen molar-refractivity contribution in [1.29, 1.82) is 0 Å². The standard InChI is InChI=1S/C23H19N3O4/c1-14-20-18(13-19(25-22(20)30-26-14)16-9-5-3-6-10-16)23(28)29-15(2)21(27)24-17-11-7-4-8-12-17/h3-13,15H,1-2H3,(H,24,27). The topological polar surface area (TPSA) is 94.3 Å². The summed E-state index contributed by atoms with van der Waals surface area (Å²) in [6.45, 7) is 3.24. The van der Waals surface area contributed by atoms with E-state index >= 15 is 0 Å². The molecule has 0 fully saturated rings. The number of nitrogens with one attached hydrogen (secondary N) is 1. The Hall–Kier alpha value is -4.00. The zero-order valence-corrected chi connectivity index (χ0v) is 16.5. The molecule has 1 amide bonds. The molecule has 0 saturated carbocycles. The molecule has 0 aliphatic heterocycles. The molecular formula is C23H19N3O4. The van der Waals surface area contributed by atoms with Gasteiger partial charge < -0.3 is 14.6 Å². The first-order valence-electron chi connectivity index (χ1n) is 9.42. The number of fused-ring (bicyclic) bond motifs is 1. The maximum atomic E-state index is 13.0. The predicted octanol–water partition coefficient (Wildman–Crippen LogP) is 4.38. The molecule has 2 heterocycles. The van der Waals surface area contributed by atoms with E-state index in [4.69, 9.17) is 9.26 Å². The second-order valence-electron chi connectivity index (χ2n) is 6.77. The van der Waals surface area contributed by atoms with Crippen LogP contribution in [0.4, 0.5) is 5.69 Å². The van der Waals surface area contributed by atoms with E-state index in [1.54, 1.807) is 37.3 Å². The number of rotatable bonds is 5. The van der Waals surface area contributed by atoms with Crippen molar-refractivity contribution in [2.24, 2.45) is 0 Å². The highest BCUT2D eigenvalue weighted by atomic mass is 16.5. The van der Waals surface area contributed by atoms with Crippen LogP contribution in [0, 0.1) is 6.92 Å². The van der Waals surface area contributed by atoms with E-state index in [1.165, 1.54) is 6.92 Å². The van der Waals surface area contributed by atoms with Crippen LogP contribution >= 0.6 is 0 Å². The number of esters is 1.